The van der Waals surface area contributed by atoms with Gasteiger partial charge in [-0.1, -0.05) is 36.2 Å². The van der Waals surface area contributed by atoms with Gasteiger partial charge in [0.05, 0.1) is 10.7 Å². The van der Waals surface area contributed by atoms with Gasteiger partial charge in [-0.2, -0.15) is 0 Å². The molecule has 0 saturated carbocycles. The van der Waals surface area contributed by atoms with E-state index in [1.165, 1.54) is 0 Å². The first-order valence-corrected chi connectivity index (χ1v) is 5.68. The molecule has 15 heavy (non-hydrogen) atoms. The molecule has 0 amide bonds. The van der Waals surface area contributed by atoms with Crippen LogP contribution in [0.15, 0.2) is 33.6 Å². The Kier molecular flexibility index (Phi) is 4.55. The van der Waals surface area contributed by atoms with E-state index in [4.69, 9.17) is 23.2 Å². The number of hydrogen-bond donors (Lipinski definition) is 2. The second-order valence-corrected chi connectivity index (χ2v) is 4.30. The van der Waals surface area contributed by atoms with Crippen molar-refractivity contribution in [1.82, 2.24) is 10.6 Å². The predicted octanol–water partition coefficient (Wildman–Crippen LogP) is 2.92. The molecule has 0 aromatic rings. The molecule has 2 N–H and O–H groups in total. The first-order chi connectivity index (χ1) is 7.11. The molecule has 1 aliphatic carbocycles. The van der Waals surface area contributed by atoms with Crippen molar-refractivity contribution in [2.75, 3.05) is 14.1 Å². The number of halogens is 2. The van der Waals surface area contributed by atoms with E-state index in [0.717, 1.165) is 22.7 Å². The second kappa shape index (κ2) is 5.47. The van der Waals surface area contributed by atoms with Gasteiger partial charge in [-0.05, 0) is 12.3 Å². The standard InChI is InChI=1S/C11H16Cl2N2/c1-7-4-5-8(11(13)10(7)12)9(15-3)6-14-2/h5-7,14-15H,4H2,1-3H3/b9-6-. The Morgan fingerprint density at radius 1 is 1.47 bits per heavy atom. The number of nitrogens with one attached hydrogen (secondary N) is 2. The van der Waals surface area contributed by atoms with Crippen molar-refractivity contribution in [1.29, 1.82) is 0 Å². The maximum Gasteiger partial charge on any atom is 0.0644 e. The third-order valence-electron chi connectivity index (χ3n) is 2.40. The molecule has 0 radical (unpaired) electrons. The van der Waals surface area contributed by atoms with Crippen molar-refractivity contribution in [3.63, 3.8) is 0 Å². The predicted molar refractivity (Wildman–Crippen MR) is 66.8 cm³/mol. The van der Waals surface area contributed by atoms with Crippen LogP contribution in [0.2, 0.25) is 0 Å². The minimum Gasteiger partial charge on any atom is -0.392 e. The summed E-state index contributed by atoms with van der Waals surface area (Å²) in [6, 6.07) is 0. The highest BCUT2D eigenvalue weighted by atomic mass is 35.5. The van der Waals surface area contributed by atoms with E-state index in [-0.39, 0.29) is 0 Å². The quantitative estimate of drug-likeness (QED) is 0.801. The molecule has 0 saturated heterocycles. The molecule has 1 unspecified atom stereocenters. The van der Waals surface area contributed by atoms with Crippen molar-refractivity contribution >= 4 is 23.2 Å². The van der Waals surface area contributed by atoms with Gasteiger partial charge in [-0.25, -0.2) is 0 Å². The van der Waals surface area contributed by atoms with Crippen molar-refractivity contribution in [3.05, 3.63) is 33.6 Å². The van der Waals surface area contributed by atoms with Gasteiger partial charge >= 0.3 is 0 Å². The van der Waals surface area contributed by atoms with Gasteiger partial charge < -0.3 is 10.6 Å². The maximum atomic E-state index is 6.21. The van der Waals surface area contributed by atoms with Gasteiger partial charge in [0.2, 0.25) is 0 Å². The van der Waals surface area contributed by atoms with Gasteiger partial charge in [-0.3, -0.25) is 0 Å². The molecule has 4 heteroatoms. The third kappa shape index (κ3) is 2.70. The molecule has 1 aliphatic rings. The number of likely N-dealkylation sites (N-methyl/N-ethyl adjacent to an activating group) is 1. The molecule has 84 valence electrons. The highest BCUT2D eigenvalue weighted by Crippen LogP contribution is 2.36. The Morgan fingerprint density at radius 3 is 2.67 bits per heavy atom. The smallest absolute Gasteiger partial charge is 0.0644 e. The Morgan fingerprint density at radius 2 is 2.13 bits per heavy atom. The fourth-order valence-corrected chi connectivity index (χ4v) is 2.05. The molecule has 1 rings (SSSR count). The first kappa shape index (κ1) is 12.5. The van der Waals surface area contributed by atoms with E-state index >= 15 is 0 Å². The highest BCUT2D eigenvalue weighted by molar-refractivity contribution is 6.41. The number of hydrogen-bond acceptors (Lipinski definition) is 2. The fourth-order valence-electron chi connectivity index (χ4n) is 1.49. The summed E-state index contributed by atoms with van der Waals surface area (Å²) >= 11 is 12.4. The van der Waals surface area contributed by atoms with E-state index in [0.29, 0.717) is 11.0 Å². The highest BCUT2D eigenvalue weighted by Gasteiger charge is 2.20. The van der Waals surface area contributed by atoms with Crippen molar-refractivity contribution in [2.24, 2.45) is 5.92 Å². The Balaban J connectivity index is 3.02. The number of allylic oxidation sites excluding steroid dienone is 3. The van der Waals surface area contributed by atoms with Gasteiger partial charge in [0, 0.05) is 30.9 Å². The summed E-state index contributed by atoms with van der Waals surface area (Å²) in [5.74, 6) is 0.315. The van der Waals surface area contributed by atoms with Crippen LogP contribution in [-0.4, -0.2) is 14.1 Å². The molecule has 0 heterocycles. The Hall–Kier alpha value is -0.600. The fraction of sp³-hybridized carbons (Fsp3) is 0.455. The van der Waals surface area contributed by atoms with Crippen LogP contribution < -0.4 is 10.6 Å². The molecule has 0 spiro atoms. The van der Waals surface area contributed by atoms with Crippen LogP contribution in [0.3, 0.4) is 0 Å². The zero-order chi connectivity index (χ0) is 11.4. The molecule has 2 nitrogen and oxygen atoms in total. The second-order valence-electron chi connectivity index (χ2n) is 3.51. The van der Waals surface area contributed by atoms with Gasteiger partial charge in [-0.15, -0.1) is 0 Å². The Bertz CT molecular complexity index is 329. The summed E-state index contributed by atoms with van der Waals surface area (Å²) < 4.78 is 0. The minimum atomic E-state index is 0.315. The van der Waals surface area contributed by atoms with E-state index < -0.39 is 0 Å². The van der Waals surface area contributed by atoms with Crippen LogP contribution in [0.5, 0.6) is 0 Å². The average molecular weight is 247 g/mol. The SMILES string of the molecule is CN/C=C(\NC)C1=CCC(C)C(Cl)=C1Cl. The molecule has 0 aromatic heterocycles. The van der Waals surface area contributed by atoms with Crippen LogP contribution in [0, 0.1) is 5.92 Å². The zero-order valence-corrected chi connectivity index (χ0v) is 10.7. The van der Waals surface area contributed by atoms with Crippen LogP contribution in [0.25, 0.3) is 0 Å². The van der Waals surface area contributed by atoms with Crippen molar-refractivity contribution in [3.8, 4) is 0 Å². The van der Waals surface area contributed by atoms with E-state index in [9.17, 15) is 0 Å². The summed E-state index contributed by atoms with van der Waals surface area (Å²) in [6.07, 6.45) is 4.90. The van der Waals surface area contributed by atoms with Crippen LogP contribution >= 0.6 is 23.2 Å². The lowest BCUT2D eigenvalue weighted by Crippen LogP contribution is -2.15. The van der Waals surface area contributed by atoms with Gasteiger partial charge in [0.15, 0.2) is 0 Å². The lowest BCUT2D eigenvalue weighted by atomic mass is 9.96. The maximum absolute atomic E-state index is 6.21. The van der Waals surface area contributed by atoms with Crippen molar-refractivity contribution < 1.29 is 0 Å². The zero-order valence-electron chi connectivity index (χ0n) is 9.20. The molecule has 1 atom stereocenters. The van der Waals surface area contributed by atoms with Crippen LogP contribution in [-0.2, 0) is 0 Å². The molecule has 0 fully saturated rings. The molecule has 0 aromatic carbocycles. The van der Waals surface area contributed by atoms with E-state index in [2.05, 4.69) is 23.6 Å². The largest absolute Gasteiger partial charge is 0.392 e. The van der Waals surface area contributed by atoms with Crippen LogP contribution in [0.4, 0.5) is 0 Å². The average Bonchev–Trinajstić information content (AvgIpc) is 2.24. The summed E-state index contributed by atoms with van der Waals surface area (Å²) in [6.45, 7) is 2.07. The third-order valence-corrected chi connectivity index (χ3v) is 3.47. The lowest BCUT2D eigenvalue weighted by molar-refractivity contribution is 0.711. The monoisotopic (exact) mass is 246 g/mol. The topological polar surface area (TPSA) is 24.1 Å². The molecular formula is C11H16Cl2N2. The van der Waals surface area contributed by atoms with Gasteiger partial charge in [0.1, 0.15) is 0 Å². The first-order valence-electron chi connectivity index (χ1n) is 4.93. The molecule has 0 aliphatic heterocycles. The summed E-state index contributed by atoms with van der Waals surface area (Å²) in [7, 11) is 3.71. The molecule has 0 bridgehead atoms. The summed E-state index contributed by atoms with van der Waals surface area (Å²) in [5.41, 5.74) is 1.92. The molecular weight excluding hydrogens is 231 g/mol. The van der Waals surface area contributed by atoms with E-state index in [1.807, 2.05) is 20.3 Å². The summed E-state index contributed by atoms with van der Waals surface area (Å²) in [5, 5.41) is 7.45. The van der Waals surface area contributed by atoms with Crippen molar-refractivity contribution in [2.45, 2.75) is 13.3 Å². The minimum absolute atomic E-state index is 0.315. The summed E-state index contributed by atoms with van der Waals surface area (Å²) in [4.78, 5) is 0. The number of rotatable bonds is 3. The van der Waals surface area contributed by atoms with Crippen LogP contribution in [0.1, 0.15) is 13.3 Å². The normalized spacial score (nSPS) is 22.6. The Labute approximate surface area is 101 Å². The van der Waals surface area contributed by atoms with E-state index in [1.54, 1.807) is 0 Å². The lowest BCUT2D eigenvalue weighted by Gasteiger charge is -2.20. The van der Waals surface area contributed by atoms with Gasteiger partial charge in [0.25, 0.3) is 0 Å².